The van der Waals surface area contributed by atoms with Crippen LogP contribution >= 0.6 is 15.6 Å². The third-order valence-corrected chi connectivity index (χ3v) is 1.22. The maximum atomic E-state index is 9.98. The van der Waals surface area contributed by atoms with Gasteiger partial charge in [0.25, 0.3) is 0 Å². The molecular weight excluding hydrogens is 272 g/mol. The number of hydrogen-bond donors (Lipinski definition) is 7. The summed E-state index contributed by atoms with van der Waals surface area (Å²) in [5, 5.41) is 8.12. The Bertz CT molecular complexity index is 295. The van der Waals surface area contributed by atoms with Crippen LogP contribution in [0.5, 0.6) is 0 Å². The first-order chi connectivity index (χ1) is 6.83. The zero-order chi connectivity index (χ0) is 13.6. The first kappa shape index (κ1) is 18.0. The lowest BCUT2D eigenvalue weighted by molar-refractivity contribution is -0.139. The van der Waals surface area contributed by atoms with Gasteiger partial charge in [-0.1, -0.05) is 0 Å². The fraction of sp³-hybridized carbons (Fsp3) is 0.667. The molecule has 0 radical (unpaired) electrons. The highest BCUT2D eigenvalue weighted by Gasteiger charge is 2.19. The standard InChI is InChI=1S/C3H8NO6P.H3O4P/c4-2(3(5)6)1-10-11(7,8)9;1-5(2,3)4/h2H,1,4H2,(H,5,6)(H2,7,8,9);(H3,1,2,3,4)/t2-;/m0./s1. The Balaban J connectivity index is 0. The molecule has 0 rings (SSSR count). The van der Waals surface area contributed by atoms with E-state index in [4.69, 9.17) is 39.9 Å². The Kier molecular flexibility index (Phi) is 7.96. The van der Waals surface area contributed by atoms with Crippen molar-refractivity contribution in [1.82, 2.24) is 0 Å². The molecular formula is C3H11NO10P2. The average Bonchev–Trinajstić information content (AvgIpc) is 1.95. The SMILES string of the molecule is N[C@@H](COP(=O)(O)O)C(=O)O.O=P(O)(O)O. The Morgan fingerprint density at radius 1 is 1.19 bits per heavy atom. The summed E-state index contributed by atoms with van der Waals surface area (Å²) >= 11 is 0. The summed E-state index contributed by atoms with van der Waals surface area (Å²) in [7, 11) is -9.24. The first-order valence-corrected chi connectivity index (χ1v) is 6.39. The quantitative estimate of drug-likeness (QED) is 0.270. The molecule has 0 unspecified atom stereocenters. The molecule has 0 saturated heterocycles. The van der Waals surface area contributed by atoms with Crippen LogP contribution in [0.4, 0.5) is 0 Å². The molecule has 0 aliphatic heterocycles. The molecule has 0 spiro atoms. The van der Waals surface area contributed by atoms with Crippen molar-refractivity contribution in [2.75, 3.05) is 6.61 Å². The van der Waals surface area contributed by atoms with Crippen LogP contribution < -0.4 is 5.73 Å². The number of phosphoric ester groups is 1. The molecule has 0 aromatic rings. The van der Waals surface area contributed by atoms with Crippen LogP contribution in [0.3, 0.4) is 0 Å². The molecule has 0 amide bonds. The van der Waals surface area contributed by atoms with E-state index in [1.54, 1.807) is 0 Å². The molecule has 0 bridgehead atoms. The summed E-state index contributed by atoms with van der Waals surface area (Å²) in [5.74, 6) is -1.38. The Hall–Kier alpha value is -0.350. The van der Waals surface area contributed by atoms with E-state index in [-0.39, 0.29) is 0 Å². The van der Waals surface area contributed by atoms with Crippen LogP contribution in [0.15, 0.2) is 0 Å². The van der Waals surface area contributed by atoms with Crippen LogP contribution in [-0.2, 0) is 18.4 Å². The number of nitrogens with two attached hydrogens (primary N) is 1. The van der Waals surface area contributed by atoms with Gasteiger partial charge in [-0.25, -0.2) is 9.13 Å². The van der Waals surface area contributed by atoms with Crippen LogP contribution in [0, 0.1) is 0 Å². The highest BCUT2D eigenvalue weighted by Crippen LogP contribution is 2.35. The van der Waals surface area contributed by atoms with Gasteiger partial charge in [0.15, 0.2) is 0 Å². The van der Waals surface area contributed by atoms with E-state index in [1.165, 1.54) is 0 Å². The van der Waals surface area contributed by atoms with Gasteiger partial charge in [0.2, 0.25) is 0 Å². The molecule has 0 heterocycles. The Morgan fingerprint density at radius 3 is 1.69 bits per heavy atom. The van der Waals surface area contributed by atoms with Crippen molar-refractivity contribution in [2.45, 2.75) is 6.04 Å². The number of carbonyl (C=O) groups is 1. The maximum absolute atomic E-state index is 9.98. The van der Waals surface area contributed by atoms with Gasteiger partial charge in [-0.15, -0.1) is 0 Å². The normalized spacial score (nSPS) is 13.6. The predicted octanol–water partition coefficient (Wildman–Crippen LogP) is -2.42. The van der Waals surface area contributed by atoms with E-state index in [9.17, 15) is 9.36 Å². The summed E-state index contributed by atoms with van der Waals surface area (Å²) < 4.78 is 22.7. The summed E-state index contributed by atoms with van der Waals surface area (Å²) in [4.78, 5) is 47.7. The van der Waals surface area contributed by atoms with Crippen molar-refractivity contribution >= 4 is 21.6 Å². The third kappa shape index (κ3) is 23.5. The molecule has 0 aromatic heterocycles. The molecule has 0 fully saturated rings. The zero-order valence-corrected chi connectivity index (χ0v) is 9.36. The Morgan fingerprint density at radius 2 is 1.50 bits per heavy atom. The lowest BCUT2D eigenvalue weighted by atomic mass is 10.3. The summed E-state index contributed by atoms with van der Waals surface area (Å²) in [6.07, 6.45) is 0. The third-order valence-electron chi connectivity index (χ3n) is 0.739. The zero-order valence-electron chi connectivity index (χ0n) is 7.57. The van der Waals surface area contributed by atoms with Crippen LogP contribution in [0.2, 0.25) is 0 Å². The van der Waals surface area contributed by atoms with Gasteiger partial charge in [-0.05, 0) is 0 Å². The van der Waals surface area contributed by atoms with Crippen molar-refractivity contribution in [3.8, 4) is 0 Å². The van der Waals surface area contributed by atoms with Crippen LogP contribution in [0.1, 0.15) is 0 Å². The molecule has 8 N–H and O–H groups in total. The molecule has 13 heteroatoms. The summed E-state index contributed by atoms with van der Waals surface area (Å²) in [6, 6.07) is -1.41. The van der Waals surface area contributed by atoms with E-state index < -0.39 is 34.3 Å². The highest BCUT2D eigenvalue weighted by atomic mass is 31.2. The van der Waals surface area contributed by atoms with Crippen molar-refractivity contribution in [1.29, 1.82) is 0 Å². The van der Waals surface area contributed by atoms with Gasteiger partial charge in [0.05, 0.1) is 6.61 Å². The number of hydrogen-bond acceptors (Lipinski definition) is 5. The lowest BCUT2D eigenvalue weighted by Crippen LogP contribution is -2.34. The minimum absolute atomic E-state index is 0.709. The second-order valence-electron chi connectivity index (χ2n) is 2.24. The van der Waals surface area contributed by atoms with Crippen molar-refractivity contribution in [2.24, 2.45) is 5.73 Å². The van der Waals surface area contributed by atoms with Gasteiger partial charge in [-0.3, -0.25) is 9.32 Å². The number of carboxylic acid groups (broad SMARTS) is 1. The average molecular weight is 283 g/mol. The van der Waals surface area contributed by atoms with Crippen molar-refractivity contribution in [3.05, 3.63) is 0 Å². The van der Waals surface area contributed by atoms with E-state index in [1.807, 2.05) is 0 Å². The molecule has 1 atom stereocenters. The number of phosphoric acid groups is 2. The summed E-state index contributed by atoms with van der Waals surface area (Å²) in [5.41, 5.74) is 4.86. The van der Waals surface area contributed by atoms with Crippen molar-refractivity contribution in [3.63, 3.8) is 0 Å². The largest absolute Gasteiger partial charge is 0.480 e. The number of rotatable bonds is 4. The molecule has 0 aromatic carbocycles. The molecule has 0 aliphatic rings. The van der Waals surface area contributed by atoms with Gasteiger partial charge >= 0.3 is 21.6 Å². The topological polar surface area (TPSA) is 208 Å². The molecule has 0 aliphatic carbocycles. The van der Waals surface area contributed by atoms with Gasteiger partial charge in [0, 0.05) is 0 Å². The van der Waals surface area contributed by atoms with Gasteiger partial charge in [-0.2, -0.15) is 0 Å². The first-order valence-electron chi connectivity index (χ1n) is 3.29. The second kappa shape index (κ2) is 7.07. The minimum Gasteiger partial charge on any atom is -0.480 e. The van der Waals surface area contributed by atoms with Crippen LogP contribution in [0.25, 0.3) is 0 Å². The second-order valence-corrected chi connectivity index (χ2v) is 4.51. The predicted molar refractivity (Wildman–Crippen MR) is 47.9 cm³/mol. The Labute approximate surface area is 89.0 Å². The van der Waals surface area contributed by atoms with Crippen LogP contribution in [-0.4, -0.2) is 48.2 Å². The molecule has 16 heavy (non-hydrogen) atoms. The van der Waals surface area contributed by atoms with E-state index in [0.29, 0.717) is 0 Å². The molecule has 0 saturated carbocycles. The maximum Gasteiger partial charge on any atom is 0.469 e. The highest BCUT2D eigenvalue weighted by molar-refractivity contribution is 7.46. The minimum atomic E-state index is -4.64. The number of carboxylic acids is 1. The monoisotopic (exact) mass is 283 g/mol. The summed E-state index contributed by atoms with van der Waals surface area (Å²) in [6.45, 7) is -0.709. The lowest BCUT2D eigenvalue weighted by Gasteiger charge is -2.07. The fourth-order valence-electron chi connectivity index (χ4n) is 0.249. The molecule has 98 valence electrons. The van der Waals surface area contributed by atoms with Gasteiger partial charge < -0.3 is 35.3 Å². The smallest absolute Gasteiger partial charge is 0.469 e. The molecule has 11 nitrogen and oxygen atoms in total. The van der Waals surface area contributed by atoms with E-state index >= 15 is 0 Å². The number of aliphatic carboxylic acids is 1. The fourth-order valence-corrected chi connectivity index (χ4v) is 0.603. The van der Waals surface area contributed by atoms with Gasteiger partial charge in [0.1, 0.15) is 6.04 Å². The van der Waals surface area contributed by atoms with E-state index in [0.717, 1.165) is 0 Å². The van der Waals surface area contributed by atoms with E-state index in [2.05, 4.69) is 4.52 Å². The van der Waals surface area contributed by atoms with Crippen molar-refractivity contribution < 1.29 is 48.0 Å².